The van der Waals surface area contributed by atoms with Crippen molar-refractivity contribution in [3.63, 3.8) is 0 Å². The number of nitrogens with one attached hydrogen (secondary N) is 1. The molecule has 0 spiro atoms. The topological polar surface area (TPSA) is 84.9 Å². The molecule has 2 aromatic carbocycles. The lowest BCUT2D eigenvalue weighted by Crippen LogP contribution is -2.21. The van der Waals surface area contributed by atoms with Gasteiger partial charge in [0.2, 0.25) is 0 Å². The number of esters is 1. The molecule has 0 unspecified atom stereocenters. The fourth-order valence-electron chi connectivity index (χ4n) is 1.81. The number of hydrogen-bond donors (Lipinski definition) is 2. The van der Waals surface area contributed by atoms with Crippen molar-refractivity contribution in [1.29, 1.82) is 0 Å². The number of carbonyl (C=O) groups is 2. The monoisotopic (exact) mass is 319 g/mol. The van der Waals surface area contributed by atoms with Gasteiger partial charge >= 0.3 is 5.97 Å². The lowest BCUT2D eigenvalue weighted by Gasteiger charge is -2.09. The first-order chi connectivity index (χ1) is 11.0. The molecule has 7 heteroatoms. The van der Waals surface area contributed by atoms with Gasteiger partial charge in [-0.05, 0) is 24.3 Å². The third kappa shape index (κ3) is 3.97. The summed E-state index contributed by atoms with van der Waals surface area (Å²) in [5, 5.41) is 12.1. The first kappa shape index (κ1) is 16.3. The molecule has 0 aromatic heterocycles. The molecular formula is C16H14FNO5. The van der Waals surface area contributed by atoms with Gasteiger partial charge < -0.3 is 19.9 Å². The normalized spacial score (nSPS) is 10.0. The van der Waals surface area contributed by atoms with Crippen LogP contribution in [0.4, 0.5) is 10.1 Å². The van der Waals surface area contributed by atoms with Crippen molar-refractivity contribution in [3.05, 3.63) is 53.8 Å². The van der Waals surface area contributed by atoms with Crippen molar-refractivity contribution in [2.45, 2.75) is 0 Å². The summed E-state index contributed by atoms with van der Waals surface area (Å²) in [7, 11) is 1.34. The molecule has 120 valence electrons. The van der Waals surface area contributed by atoms with E-state index in [1.54, 1.807) is 6.07 Å². The Hall–Kier alpha value is -3.09. The second kappa shape index (κ2) is 7.26. The van der Waals surface area contributed by atoms with Crippen LogP contribution in [-0.2, 0) is 9.53 Å². The highest BCUT2D eigenvalue weighted by Gasteiger charge is 2.17. The maximum absolute atomic E-state index is 13.4. The minimum absolute atomic E-state index is 0.0159. The maximum atomic E-state index is 13.4. The summed E-state index contributed by atoms with van der Waals surface area (Å²) < 4.78 is 23.0. The van der Waals surface area contributed by atoms with Gasteiger partial charge in [-0.1, -0.05) is 18.2 Å². The van der Waals surface area contributed by atoms with Gasteiger partial charge in [0, 0.05) is 0 Å². The summed E-state index contributed by atoms with van der Waals surface area (Å²) in [6, 6.07) is 9.90. The molecule has 0 aliphatic rings. The second-order valence-electron chi connectivity index (χ2n) is 4.46. The number of phenolic OH excluding ortho intramolecular Hbond substituents is 1. The van der Waals surface area contributed by atoms with Gasteiger partial charge in [-0.25, -0.2) is 9.18 Å². The predicted molar refractivity (Wildman–Crippen MR) is 80.0 cm³/mol. The molecule has 0 bridgehead atoms. The molecule has 0 saturated carbocycles. The van der Waals surface area contributed by atoms with E-state index in [1.807, 2.05) is 0 Å². The summed E-state index contributed by atoms with van der Waals surface area (Å²) in [4.78, 5) is 23.5. The summed E-state index contributed by atoms with van der Waals surface area (Å²) in [6.45, 7) is -0.621. The summed E-state index contributed by atoms with van der Waals surface area (Å²) in [6.07, 6.45) is 0. The standard InChI is InChI=1S/C16H14FNO5/c1-22-13-8-4-5-10(15(13)20)16(21)23-9-14(19)18-12-7-3-2-6-11(12)17/h2-8,20H,9H2,1H3,(H,18,19). The molecule has 1 amide bonds. The van der Waals surface area contributed by atoms with Gasteiger partial charge in [-0.15, -0.1) is 0 Å². The van der Waals surface area contributed by atoms with Crippen molar-refractivity contribution >= 4 is 17.6 Å². The Labute approximate surface area is 131 Å². The first-order valence-corrected chi connectivity index (χ1v) is 6.60. The minimum atomic E-state index is -0.898. The van der Waals surface area contributed by atoms with Crippen molar-refractivity contribution in [3.8, 4) is 11.5 Å². The fraction of sp³-hybridized carbons (Fsp3) is 0.125. The van der Waals surface area contributed by atoms with Crippen LogP contribution < -0.4 is 10.1 Å². The Kier molecular flexibility index (Phi) is 5.14. The van der Waals surface area contributed by atoms with Crippen LogP contribution in [0.25, 0.3) is 0 Å². The highest BCUT2D eigenvalue weighted by Crippen LogP contribution is 2.29. The number of anilines is 1. The number of hydrogen-bond acceptors (Lipinski definition) is 5. The molecule has 6 nitrogen and oxygen atoms in total. The van der Waals surface area contributed by atoms with E-state index in [0.717, 1.165) is 0 Å². The van der Waals surface area contributed by atoms with E-state index in [1.165, 1.54) is 43.5 Å². The van der Waals surface area contributed by atoms with Gasteiger partial charge in [-0.2, -0.15) is 0 Å². The average molecular weight is 319 g/mol. The second-order valence-corrected chi connectivity index (χ2v) is 4.46. The van der Waals surface area contributed by atoms with Crippen molar-refractivity contribution in [2.24, 2.45) is 0 Å². The predicted octanol–water partition coefficient (Wildman–Crippen LogP) is 2.34. The number of carbonyl (C=O) groups excluding carboxylic acids is 2. The van der Waals surface area contributed by atoms with E-state index in [2.05, 4.69) is 5.32 Å². The lowest BCUT2D eigenvalue weighted by atomic mass is 10.2. The third-order valence-electron chi connectivity index (χ3n) is 2.92. The Balaban J connectivity index is 1.97. The molecule has 2 rings (SSSR count). The zero-order chi connectivity index (χ0) is 16.8. The van der Waals surface area contributed by atoms with Crippen LogP contribution in [0.15, 0.2) is 42.5 Å². The number of aromatic hydroxyl groups is 1. The number of methoxy groups -OCH3 is 1. The number of amides is 1. The fourth-order valence-corrected chi connectivity index (χ4v) is 1.81. The molecule has 0 aliphatic carbocycles. The zero-order valence-electron chi connectivity index (χ0n) is 12.2. The molecule has 0 fully saturated rings. The van der Waals surface area contributed by atoms with Crippen LogP contribution >= 0.6 is 0 Å². The number of rotatable bonds is 5. The van der Waals surface area contributed by atoms with E-state index < -0.39 is 24.3 Å². The van der Waals surface area contributed by atoms with Crippen LogP contribution in [-0.4, -0.2) is 30.7 Å². The highest BCUT2D eigenvalue weighted by molar-refractivity contribution is 5.97. The zero-order valence-corrected chi connectivity index (χ0v) is 12.2. The summed E-state index contributed by atoms with van der Waals surface area (Å²) in [5.74, 6) is -2.47. The van der Waals surface area contributed by atoms with E-state index in [4.69, 9.17) is 9.47 Å². The molecule has 0 aliphatic heterocycles. The van der Waals surface area contributed by atoms with Gasteiger partial charge in [-0.3, -0.25) is 4.79 Å². The molecule has 0 heterocycles. The van der Waals surface area contributed by atoms with Gasteiger partial charge in [0.05, 0.1) is 12.8 Å². The Morgan fingerprint density at radius 1 is 1.17 bits per heavy atom. The number of phenols is 1. The molecule has 2 aromatic rings. The molecule has 0 radical (unpaired) electrons. The van der Waals surface area contributed by atoms with Crippen LogP contribution in [0.2, 0.25) is 0 Å². The smallest absolute Gasteiger partial charge is 0.342 e. The minimum Gasteiger partial charge on any atom is -0.504 e. The van der Waals surface area contributed by atoms with Crippen LogP contribution in [0.1, 0.15) is 10.4 Å². The van der Waals surface area contributed by atoms with Crippen LogP contribution in [0.5, 0.6) is 11.5 Å². The van der Waals surface area contributed by atoms with E-state index in [0.29, 0.717) is 0 Å². The van der Waals surface area contributed by atoms with Crippen LogP contribution in [0.3, 0.4) is 0 Å². The van der Waals surface area contributed by atoms with E-state index in [9.17, 15) is 19.1 Å². The number of ether oxygens (including phenoxy) is 2. The van der Waals surface area contributed by atoms with E-state index in [-0.39, 0.29) is 22.7 Å². The quantitative estimate of drug-likeness (QED) is 0.826. The molecular weight excluding hydrogens is 305 g/mol. The number of halogens is 1. The van der Waals surface area contributed by atoms with E-state index >= 15 is 0 Å². The Morgan fingerprint density at radius 2 is 1.91 bits per heavy atom. The van der Waals surface area contributed by atoms with Crippen molar-refractivity contribution in [1.82, 2.24) is 0 Å². The van der Waals surface area contributed by atoms with Crippen molar-refractivity contribution < 1.29 is 28.6 Å². The SMILES string of the molecule is COc1cccc(C(=O)OCC(=O)Nc2ccccc2F)c1O. The first-order valence-electron chi connectivity index (χ1n) is 6.60. The third-order valence-corrected chi connectivity index (χ3v) is 2.92. The van der Waals surface area contributed by atoms with Gasteiger partial charge in [0.15, 0.2) is 18.1 Å². The average Bonchev–Trinajstić information content (AvgIpc) is 2.55. The number of para-hydroxylation sites is 2. The molecule has 23 heavy (non-hydrogen) atoms. The molecule has 2 N–H and O–H groups in total. The van der Waals surface area contributed by atoms with Crippen LogP contribution in [0, 0.1) is 5.82 Å². The summed E-state index contributed by atoms with van der Waals surface area (Å²) in [5.41, 5.74) is -0.152. The number of benzene rings is 2. The van der Waals surface area contributed by atoms with Gasteiger partial charge in [0.1, 0.15) is 11.4 Å². The highest BCUT2D eigenvalue weighted by atomic mass is 19.1. The molecule has 0 saturated heterocycles. The van der Waals surface area contributed by atoms with Crippen molar-refractivity contribution in [2.75, 3.05) is 19.0 Å². The Morgan fingerprint density at radius 3 is 2.61 bits per heavy atom. The maximum Gasteiger partial charge on any atom is 0.342 e. The van der Waals surface area contributed by atoms with Gasteiger partial charge in [0.25, 0.3) is 5.91 Å². The summed E-state index contributed by atoms with van der Waals surface area (Å²) >= 11 is 0. The Bertz CT molecular complexity index is 732. The largest absolute Gasteiger partial charge is 0.504 e. The lowest BCUT2D eigenvalue weighted by molar-refractivity contribution is -0.119. The molecule has 0 atom stereocenters.